The molecule has 2 saturated heterocycles. The summed E-state index contributed by atoms with van der Waals surface area (Å²) >= 11 is 0. The van der Waals surface area contributed by atoms with Crippen LogP contribution in [0.1, 0.15) is 56.0 Å². The highest BCUT2D eigenvalue weighted by Gasteiger charge is 2.75. The van der Waals surface area contributed by atoms with Crippen LogP contribution in [0.2, 0.25) is 0 Å². The molecule has 6 nitrogen and oxygen atoms in total. The number of hydrogen-bond donors (Lipinski definition) is 0. The third kappa shape index (κ3) is 3.48. The third-order valence-electron chi connectivity index (χ3n) is 10.4. The van der Waals surface area contributed by atoms with Crippen LogP contribution >= 0.6 is 0 Å². The molecule has 2 amide bonds. The molecule has 2 aliphatic carbocycles. The van der Waals surface area contributed by atoms with Gasteiger partial charge in [0.2, 0.25) is 0 Å². The number of rotatable bonds is 5. The quantitative estimate of drug-likeness (QED) is 0.485. The Hall–Kier alpha value is -2.86. The van der Waals surface area contributed by atoms with Crippen LogP contribution < -0.4 is 0 Å². The van der Waals surface area contributed by atoms with Crippen LogP contribution in [0.3, 0.4) is 0 Å². The molecule has 7 rings (SSSR count). The van der Waals surface area contributed by atoms with E-state index < -0.39 is 0 Å². The van der Waals surface area contributed by atoms with Gasteiger partial charge in [-0.2, -0.15) is 0 Å². The number of benzene rings is 2. The van der Waals surface area contributed by atoms with E-state index in [1.54, 1.807) is 4.90 Å². The maximum Gasteiger partial charge on any atom is 0.319 e. The van der Waals surface area contributed by atoms with Crippen molar-refractivity contribution in [3.8, 4) is 0 Å². The van der Waals surface area contributed by atoms with Crippen molar-refractivity contribution in [3.63, 3.8) is 0 Å². The van der Waals surface area contributed by atoms with Gasteiger partial charge < -0.3 is 14.4 Å². The van der Waals surface area contributed by atoms with Gasteiger partial charge in [-0.25, -0.2) is 9.78 Å². The molecule has 194 valence electrons. The fourth-order valence-electron chi connectivity index (χ4n) is 8.44. The number of aryl methyl sites for hydroxylation is 1. The molecule has 0 N–H and O–H groups in total. The van der Waals surface area contributed by atoms with E-state index in [1.807, 2.05) is 19.0 Å². The van der Waals surface area contributed by atoms with Gasteiger partial charge in [0.25, 0.3) is 0 Å². The van der Waals surface area contributed by atoms with E-state index in [0.717, 1.165) is 43.3 Å². The van der Waals surface area contributed by atoms with Gasteiger partial charge in [-0.3, -0.25) is 4.90 Å². The van der Waals surface area contributed by atoms with Gasteiger partial charge in [-0.05, 0) is 75.1 Å². The first-order chi connectivity index (χ1) is 17.9. The second-order valence-electron chi connectivity index (χ2n) is 12.4. The van der Waals surface area contributed by atoms with Crippen LogP contribution in [-0.4, -0.2) is 76.1 Å². The van der Waals surface area contributed by atoms with Gasteiger partial charge in [-0.15, -0.1) is 0 Å². The Morgan fingerprint density at radius 2 is 1.73 bits per heavy atom. The number of hydrogen-bond acceptors (Lipinski definition) is 3. The van der Waals surface area contributed by atoms with E-state index >= 15 is 0 Å². The first kappa shape index (κ1) is 23.3. The number of piperidine rings is 1. The number of amides is 2. The highest BCUT2D eigenvalue weighted by Crippen LogP contribution is 2.72. The second-order valence-corrected chi connectivity index (χ2v) is 12.4. The predicted molar refractivity (Wildman–Crippen MR) is 147 cm³/mol. The second kappa shape index (κ2) is 8.32. The number of nitrogens with zero attached hydrogens (tertiary/aromatic N) is 5. The molecule has 37 heavy (non-hydrogen) atoms. The monoisotopic (exact) mass is 497 g/mol. The van der Waals surface area contributed by atoms with Crippen LogP contribution in [0.25, 0.3) is 11.0 Å². The Kier molecular flexibility index (Phi) is 5.23. The van der Waals surface area contributed by atoms with E-state index in [2.05, 4.69) is 71.0 Å². The van der Waals surface area contributed by atoms with Crippen molar-refractivity contribution >= 4 is 17.1 Å². The third-order valence-corrected chi connectivity index (χ3v) is 10.4. The minimum atomic E-state index is 0.145. The Morgan fingerprint density at radius 1 is 1.00 bits per heavy atom. The average molecular weight is 498 g/mol. The van der Waals surface area contributed by atoms with Crippen LogP contribution in [0, 0.1) is 12.3 Å². The van der Waals surface area contributed by atoms with Gasteiger partial charge in [0, 0.05) is 50.7 Å². The fraction of sp³-hybridized carbons (Fsp3) is 0.548. The molecule has 4 atom stereocenters. The molecular formula is C31H39N5O. The lowest BCUT2D eigenvalue weighted by Gasteiger charge is -2.48. The van der Waals surface area contributed by atoms with Gasteiger partial charge in [0.05, 0.1) is 11.0 Å². The van der Waals surface area contributed by atoms with Crippen molar-refractivity contribution in [1.82, 2.24) is 24.3 Å². The van der Waals surface area contributed by atoms with Crippen LogP contribution in [0.4, 0.5) is 4.79 Å². The summed E-state index contributed by atoms with van der Waals surface area (Å²) < 4.78 is 2.54. The lowest BCUT2D eigenvalue weighted by atomic mass is 9.70. The van der Waals surface area contributed by atoms with Crippen molar-refractivity contribution in [3.05, 3.63) is 66.0 Å². The topological polar surface area (TPSA) is 44.6 Å². The molecule has 0 radical (unpaired) electrons. The van der Waals surface area contributed by atoms with Crippen LogP contribution in [-0.2, 0) is 5.41 Å². The lowest BCUT2D eigenvalue weighted by molar-refractivity contribution is 0.0228. The Labute approximate surface area is 220 Å². The Bertz CT molecular complexity index is 1320. The molecule has 0 bridgehead atoms. The van der Waals surface area contributed by atoms with Crippen molar-refractivity contribution in [2.45, 2.75) is 69.0 Å². The number of carbonyl (C=O) groups is 1. The van der Waals surface area contributed by atoms with E-state index in [9.17, 15) is 4.79 Å². The van der Waals surface area contributed by atoms with Crippen molar-refractivity contribution in [1.29, 1.82) is 0 Å². The van der Waals surface area contributed by atoms with E-state index in [1.165, 1.54) is 43.3 Å². The molecule has 3 aromatic rings. The number of fused-ring (bicyclic) bond motifs is 1. The number of imidazole rings is 1. The Morgan fingerprint density at radius 3 is 2.49 bits per heavy atom. The molecule has 1 aromatic heterocycles. The average Bonchev–Trinajstić information content (AvgIpc) is 3.23. The molecule has 4 fully saturated rings. The van der Waals surface area contributed by atoms with Gasteiger partial charge in [0.1, 0.15) is 5.82 Å². The Balaban J connectivity index is 1.08. The van der Waals surface area contributed by atoms with Gasteiger partial charge >= 0.3 is 6.03 Å². The minimum Gasteiger partial charge on any atom is -0.331 e. The molecule has 3 heterocycles. The maximum atomic E-state index is 12.6. The molecule has 4 unspecified atom stereocenters. The number of urea groups is 1. The standard InChI is InChI=1S/C31H39N5O/c1-22-32-25-11-7-8-12-26(25)36(22)24-19-27-31(20-24)21-28(31)35(27)18-15-30(23-9-5-4-6-10-23)13-16-34(17-14-30)29(37)33(2)3/h4-12,24,27-28H,13-21H2,1-3H3. The summed E-state index contributed by atoms with van der Waals surface area (Å²) in [6.45, 7) is 5.04. The highest BCUT2D eigenvalue weighted by atomic mass is 16.2. The summed E-state index contributed by atoms with van der Waals surface area (Å²) in [5, 5.41) is 0. The van der Waals surface area contributed by atoms with E-state index in [4.69, 9.17) is 4.98 Å². The smallest absolute Gasteiger partial charge is 0.319 e. The molecule has 6 heteroatoms. The SMILES string of the molecule is Cc1nc2ccccc2n1C1CC2N(CCC3(c4ccccc4)CCN(C(=O)N(C)C)CC3)C3CC23C1. The summed E-state index contributed by atoms with van der Waals surface area (Å²) in [4.78, 5) is 24.1. The normalized spacial score (nSPS) is 30.0. The number of carbonyl (C=O) groups excluding carboxylic acids is 1. The van der Waals surface area contributed by atoms with Gasteiger partial charge in [-0.1, -0.05) is 42.5 Å². The molecule has 2 saturated carbocycles. The van der Waals surface area contributed by atoms with E-state index in [0.29, 0.717) is 17.5 Å². The zero-order valence-electron chi connectivity index (χ0n) is 22.4. The lowest BCUT2D eigenvalue weighted by Crippen LogP contribution is -2.55. The van der Waals surface area contributed by atoms with Crippen molar-refractivity contribution in [2.24, 2.45) is 5.41 Å². The molecule has 2 aromatic carbocycles. The number of para-hydroxylation sites is 2. The van der Waals surface area contributed by atoms with Crippen LogP contribution in [0.5, 0.6) is 0 Å². The minimum absolute atomic E-state index is 0.145. The largest absolute Gasteiger partial charge is 0.331 e. The number of aromatic nitrogens is 2. The first-order valence-electron chi connectivity index (χ1n) is 14.1. The van der Waals surface area contributed by atoms with Crippen molar-refractivity contribution in [2.75, 3.05) is 33.7 Å². The molecule has 1 spiro atoms. The predicted octanol–water partition coefficient (Wildman–Crippen LogP) is 5.23. The van der Waals surface area contributed by atoms with Gasteiger partial charge in [0.15, 0.2) is 0 Å². The summed E-state index contributed by atoms with van der Waals surface area (Å²) in [6, 6.07) is 22.0. The maximum absolute atomic E-state index is 12.6. The summed E-state index contributed by atoms with van der Waals surface area (Å²) in [6.07, 6.45) is 7.22. The van der Waals surface area contributed by atoms with Crippen LogP contribution in [0.15, 0.2) is 54.6 Å². The summed E-state index contributed by atoms with van der Waals surface area (Å²) in [5.41, 5.74) is 4.61. The zero-order chi connectivity index (χ0) is 25.4. The van der Waals surface area contributed by atoms with Crippen molar-refractivity contribution < 1.29 is 4.79 Å². The molecule has 4 aliphatic rings. The molecular weight excluding hydrogens is 458 g/mol. The first-order valence-corrected chi connectivity index (χ1v) is 14.1. The summed E-state index contributed by atoms with van der Waals surface area (Å²) in [7, 11) is 3.71. The fourth-order valence-corrected chi connectivity index (χ4v) is 8.44. The summed E-state index contributed by atoms with van der Waals surface area (Å²) in [5.74, 6) is 1.16. The van der Waals surface area contributed by atoms with E-state index in [-0.39, 0.29) is 11.4 Å². The molecule has 2 aliphatic heterocycles. The highest BCUT2D eigenvalue weighted by molar-refractivity contribution is 5.76. The zero-order valence-corrected chi connectivity index (χ0v) is 22.4. The number of likely N-dealkylation sites (tertiary alicyclic amines) is 2.